The number of benzene rings is 1. The van der Waals surface area contributed by atoms with Crippen molar-refractivity contribution in [1.29, 1.82) is 0 Å². The second-order valence-corrected chi connectivity index (χ2v) is 4.02. The molecule has 0 fully saturated rings. The Bertz CT molecular complexity index is 471. The molecule has 1 aromatic carbocycles. The van der Waals surface area contributed by atoms with E-state index in [1.807, 2.05) is 24.3 Å². The second-order valence-electron chi connectivity index (χ2n) is 3.19. The zero-order valence-electron chi connectivity index (χ0n) is 8.36. The van der Waals surface area contributed by atoms with E-state index >= 15 is 0 Å². The highest BCUT2D eigenvalue weighted by Crippen LogP contribution is 2.16. The molecule has 2 rings (SSSR count). The van der Waals surface area contributed by atoms with Crippen LogP contribution in [0.5, 0.6) is 5.75 Å². The molecular formula is C12H9Cl2NO. The molecule has 0 amide bonds. The van der Waals surface area contributed by atoms with Crippen LogP contribution in [0.15, 0.2) is 42.5 Å². The predicted molar refractivity (Wildman–Crippen MR) is 65.0 cm³/mol. The van der Waals surface area contributed by atoms with Gasteiger partial charge >= 0.3 is 0 Å². The van der Waals surface area contributed by atoms with Crippen molar-refractivity contribution < 1.29 is 4.74 Å². The van der Waals surface area contributed by atoms with Crippen molar-refractivity contribution in [2.24, 2.45) is 0 Å². The van der Waals surface area contributed by atoms with Crippen LogP contribution in [0.3, 0.4) is 0 Å². The number of ether oxygens (including phenoxy) is 1. The smallest absolute Gasteiger partial charge is 0.130 e. The van der Waals surface area contributed by atoms with Crippen LogP contribution in [0, 0.1) is 0 Å². The van der Waals surface area contributed by atoms with Gasteiger partial charge in [0, 0.05) is 5.02 Å². The van der Waals surface area contributed by atoms with Crippen LogP contribution in [-0.4, -0.2) is 4.98 Å². The minimum Gasteiger partial charge on any atom is -0.487 e. The maximum Gasteiger partial charge on any atom is 0.130 e. The van der Waals surface area contributed by atoms with Gasteiger partial charge in [-0.25, -0.2) is 4.98 Å². The third kappa shape index (κ3) is 3.12. The van der Waals surface area contributed by atoms with Crippen molar-refractivity contribution in [2.75, 3.05) is 0 Å². The zero-order chi connectivity index (χ0) is 11.4. The van der Waals surface area contributed by atoms with Crippen molar-refractivity contribution in [3.05, 3.63) is 58.3 Å². The quantitative estimate of drug-likeness (QED) is 0.773. The van der Waals surface area contributed by atoms with E-state index in [0.29, 0.717) is 16.8 Å². The van der Waals surface area contributed by atoms with E-state index in [0.717, 1.165) is 11.4 Å². The van der Waals surface area contributed by atoms with E-state index in [1.165, 1.54) is 0 Å². The highest BCUT2D eigenvalue weighted by Gasteiger charge is 1.98. The minimum atomic E-state index is 0.391. The fourth-order valence-corrected chi connectivity index (χ4v) is 1.53. The summed E-state index contributed by atoms with van der Waals surface area (Å²) >= 11 is 11.5. The molecule has 82 valence electrons. The highest BCUT2D eigenvalue weighted by molar-refractivity contribution is 6.30. The van der Waals surface area contributed by atoms with Crippen LogP contribution >= 0.6 is 23.2 Å². The second kappa shape index (κ2) is 5.19. The van der Waals surface area contributed by atoms with Crippen LogP contribution in [0.25, 0.3) is 0 Å². The topological polar surface area (TPSA) is 22.1 Å². The number of nitrogens with zero attached hydrogens (tertiary/aromatic N) is 1. The minimum absolute atomic E-state index is 0.391. The molecule has 0 saturated carbocycles. The Morgan fingerprint density at radius 2 is 1.75 bits per heavy atom. The summed E-state index contributed by atoms with van der Waals surface area (Å²) in [6.45, 7) is 0.391. The molecule has 4 heteroatoms. The predicted octanol–water partition coefficient (Wildman–Crippen LogP) is 3.97. The summed E-state index contributed by atoms with van der Waals surface area (Å²) in [6, 6.07) is 12.6. The normalized spacial score (nSPS) is 10.1. The number of rotatable bonds is 3. The average Bonchev–Trinajstić information content (AvgIpc) is 2.28. The molecule has 0 aliphatic carbocycles. The Morgan fingerprint density at radius 3 is 2.44 bits per heavy atom. The molecule has 0 spiro atoms. The Hall–Kier alpha value is -1.25. The first-order chi connectivity index (χ1) is 7.74. The molecule has 0 unspecified atom stereocenters. The Morgan fingerprint density at radius 1 is 1.00 bits per heavy atom. The summed E-state index contributed by atoms with van der Waals surface area (Å²) in [4.78, 5) is 4.12. The fourth-order valence-electron chi connectivity index (χ4n) is 1.22. The van der Waals surface area contributed by atoms with Crippen LogP contribution < -0.4 is 4.74 Å². The van der Waals surface area contributed by atoms with E-state index in [4.69, 9.17) is 27.9 Å². The first-order valence-corrected chi connectivity index (χ1v) is 5.49. The van der Waals surface area contributed by atoms with E-state index in [2.05, 4.69) is 4.98 Å². The van der Waals surface area contributed by atoms with E-state index in [1.54, 1.807) is 18.2 Å². The molecule has 0 radical (unpaired) electrons. The van der Waals surface area contributed by atoms with Gasteiger partial charge in [0.15, 0.2) is 0 Å². The summed E-state index contributed by atoms with van der Waals surface area (Å²) in [7, 11) is 0. The van der Waals surface area contributed by atoms with Crippen LogP contribution in [-0.2, 0) is 6.61 Å². The molecule has 0 aliphatic rings. The number of pyridine rings is 1. The lowest BCUT2D eigenvalue weighted by Crippen LogP contribution is -1.97. The van der Waals surface area contributed by atoms with E-state index in [-0.39, 0.29) is 0 Å². The lowest BCUT2D eigenvalue weighted by molar-refractivity contribution is 0.301. The molecule has 0 saturated heterocycles. The largest absolute Gasteiger partial charge is 0.487 e. The molecular weight excluding hydrogens is 245 g/mol. The van der Waals surface area contributed by atoms with Crippen molar-refractivity contribution in [2.45, 2.75) is 6.61 Å². The molecule has 0 atom stereocenters. The van der Waals surface area contributed by atoms with Crippen molar-refractivity contribution in [3.8, 4) is 5.75 Å². The number of halogens is 2. The van der Waals surface area contributed by atoms with Gasteiger partial charge in [0.1, 0.15) is 17.5 Å². The molecule has 2 nitrogen and oxygen atoms in total. The van der Waals surface area contributed by atoms with Crippen molar-refractivity contribution >= 4 is 23.2 Å². The Kier molecular flexibility index (Phi) is 3.65. The summed E-state index contributed by atoms with van der Waals surface area (Å²) in [6.07, 6.45) is 0. The fraction of sp³-hybridized carbons (Fsp3) is 0.0833. The molecule has 1 aromatic heterocycles. The van der Waals surface area contributed by atoms with Crippen LogP contribution in [0.4, 0.5) is 0 Å². The number of hydrogen-bond donors (Lipinski definition) is 0. The van der Waals surface area contributed by atoms with Crippen LogP contribution in [0.2, 0.25) is 10.2 Å². The first kappa shape index (κ1) is 11.2. The first-order valence-electron chi connectivity index (χ1n) is 4.74. The number of aromatic nitrogens is 1. The molecule has 0 aliphatic heterocycles. The van der Waals surface area contributed by atoms with Crippen molar-refractivity contribution in [1.82, 2.24) is 4.98 Å². The average molecular weight is 254 g/mol. The lowest BCUT2D eigenvalue weighted by Gasteiger charge is -2.05. The lowest BCUT2D eigenvalue weighted by atomic mass is 10.3. The van der Waals surface area contributed by atoms with Gasteiger partial charge in [-0.1, -0.05) is 29.3 Å². The van der Waals surface area contributed by atoms with Gasteiger partial charge in [-0.2, -0.15) is 0 Å². The maximum absolute atomic E-state index is 5.76. The Balaban J connectivity index is 1.99. The summed E-state index contributed by atoms with van der Waals surface area (Å²) in [5, 5.41) is 1.16. The Labute approximate surface area is 104 Å². The van der Waals surface area contributed by atoms with Gasteiger partial charge in [-0.3, -0.25) is 0 Å². The van der Waals surface area contributed by atoms with Gasteiger partial charge < -0.3 is 4.74 Å². The highest BCUT2D eigenvalue weighted by atomic mass is 35.5. The molecule has 0 bridgehead atoms. The number of hydrogen-bond acceptors (Lipinski definition) is 2. The van der Waals surface area contributed by atoms with Gasteiger partial charge in [-0.05, 0) is 36.4 Å². The summed E-state index contributed by atoms with van der Waals surface area (Å²) < 4.78 is 5.52. The van der Waals surface area contributed by atoms with Gasteiger partial charge in [-0.15, -0.1) is 0 Å². The monoisotopic (exact) mass is 253 g/mol. The van der Waals surface area contributed by atoms with E-state index in [9.17, 15) is 0 Å². The zero-order valence-corrected chi connectivity index (χ0v) is 9.87. The van der Waals surface area contributed by atoms with E-state index < -0.39 is 0 Å². The van der Waals surface area contributed by atoms with Gasteiger partial charge in [0.2, 0.25) is 0 Å². The summed E-state index contributed by atoms with van der Waals surface area (Å²) in [5.41, 5.74) is 0.794. The van der Waals surface area contributed by atoms with Crippen LogP contribution in [0.1, 0.15) is 5.69 Å². The third-order valence-electron chi connectivity index (χ3n) is 1.97. The summed E-state index contributed by atoms with van der Waals surface area (Å²) in [5.74, 6) is 0.756. The molecule has 1 heterocycles. The van der Waals surface area contributed by atoms with Crippen molar-refractivity contribution in [3.63, 3.8) is 0 Å². The molecule has 16 heavy (non-hydrogen) atoms. The third-order valence-corrected chi connectivity index (χ3v) is 2.44. The standard InChI is InChI=1S/C12H9Cl2NO/c13-9-4-6-11(7-5-9)16-8-10-2-1-3-12(14)15-10/h1-7H,8H2. The molecule has 0 N–H and O–H groups in total. The van der Waals surface area contributed by atoms with Gasteiger partial charge in [0.25, 0.3) is 0 Å². The molecule has 2 aromatic rings. The SMILES string of the molecule is Clc1ccc(OCc2cccc(Cl)n2)cc1. The maximum atomic E-state index is 5.76. The van der Waals surface area contributed by atoms with Gasteiger partial charge in [0.05, 0.1) is 5.69 Å².